The largest absolute Gasteiger partial charge is 0.494 e. The van der Waals surface area contributed by atoms with Gasteiger partial charge in [0.15, 0.2) is 0 Å². The summed E-state index contributed by atoms with van der Waals surface area (Å²) in [4.78, 5) is 11.8. The molecule has 1 aliphatic rings. The Hall–Kier alpha value is -1.59. The molecule has 0 bridgehead atoms. The molecule has 4 rings (SSSR count). The number of thioether (sulfide) groups is 1. The Morgan fingerprint density at radius 3 is 2.92 bits per heavy atom. The summed E-state index contributed by atoms with van der Waals surface area (Å²) >= 11 is 3.71. The van der Waals surface area contributed by atoms with Gasteiger partial charge in [-0.25, -0.2) is 9.97 Å². The lowest BCUT2D eigenvalue weighted by Crippen LogP contribution is -2.08. The van der Waals surface area contributed by atoms with E-state index in [1.165, 1.54) is 40.7 Å². The first-order chi connectivity index (χ1) is 12.7. The van der Waals surface area contributed by atoms with Crippen LogP contribution < -0.4 is 4.74 Å². The maximum atomic E-state index is 5.83. The monoisotopic (exact) mass is 384 g/mol. The Balaban J connectivity index is 1.37. The number of fused-ring (bicyclic) bond motifs is 3. The van der Waals surface area contributed by atoms with Gasteiger partial charge in [0, 0.05) is 16.0 Å². The quantitative estimate of drug-likeness (QED) is 0.311. The minimum Gasteiger partial charge on any atom is -0.494 e. The van der Waals surface area contributed by atoms with Crippen molar-refractivity contribution >= 4 is 33.3 Å². The number of aryl methyl sites for hydroxylation is 2. The van der Waals surface area contributed by atoms with Gasteiger partial charge < -0.3 is 4.74 Å². The number of aromatic nitrogens is 2. The van der Waals surface area contributed by atoms with E-state index < -0.39 is 0 Å². The molecule has 1 unspecified atom stereocenters. The van der Waals surface area contributed by atoms with E-state index in [4.69, 9.17) is 4.74 Å². The van der Waals surface area contributed by atoms with Crippen molar-refractivity contribution in [2.24, 2.45) is 5.92 Å². The summed E-state index contributed by atoms with van der Waals surface area (Å²) in [6.45, 7) is 5.18. The van der Waals surface area contributed by atoms with Crippen LogP contribution in [0.2, 0.25) is 0 Å². The zero-order valence-electron chi connectivity index (χ0n) is 15.3. The van der Waals surface area contributed by atoms with Gasteiger partial charge in [-0.2, -0.15) is 0 Å². The van der Waals surface area contributed by atoms with Crippen molar-refractivity contribution in [3.63, 3.8) is 0 Å². The summed E-state index contributed by atoms with van der Waals surface area (Å²) in [6.07, 6.45) is 6.38. The summed E-state index contributed by atoms with van der Waals surface area (Å²) in [7, 11) is 0. The molecule has 0 fully saturated rings. The van der Waals surface area contributed by atoms with Gasteiger partial charge >= 0.3 is 0 Å². The zero-order chi connectivity index (χ0) is 17.9. The second-order valence-electron chi connectivity index (χ2n) is 7.07. The fourth-order valence-electron chi connectivity index (χ4n) is 3.41. The molecule has 0 saturated heterocycles. The number of rotatable bonds is 6. The highest BCUT2D eigenvalue weighted by Gasteiger charge is 2.22. The molecule has 2 aromatic heterocycles. The molecule has 1 aromatic carbocycles. The molecule has 2 heterocycles. The third-order valence-corrected chi connectivity index (χ3v) is 7.11. The average molecular weight is 385 g/mol. The predicted octanol–water partition coefficient (Wildman–Crippen LogP) is 5.69. The van der Waals surface area contributed by atoms with Crippen LogP contribution in [0, 0.1) is 12.8 Å². The summed E-state index contributed by atoms with van der Waals surface area (Å²) in [5.41, 5.74) is 2.77. The Kier molecular flexibility index (Phi) is 5.46. The van der Waals surface area contributed by atoms with E-state index in [-0.39, 0.29) is 0 Å². The van der Waals surface area contributed by atoms with Crippen molar-refractivity contribution in [3.8, 4) is 5.75 Å². The zero-order valence-corrected chi connectivity index (χ0v) is 17.0. The second-order valence-corrected chi connectivity index (χ2v) is 9.24. The molecule has 1 aliphatic carbocycles. The van der Waals surface area contributed by atoms with Gasteiger partial charge in [-0.1, -0.05) is 24.6 Å². The number of benzene rings is 1. The van der Waals surface area contributed by atoms with Crippen LogP contribution in [0.3, 0.4) is 0 Å². The van der Waals surface area contributed by atoms with E-state index in [1.807, 2.05) is 35.2 Å². The average Bonchev–Trinajstić information content (AvgIpc) is 3.01. The van der Waals surface area contributed by atoms with Gasteiger partial charge in [0.2, 0.25) is 0 Å². The van der Waals surface area contributed by atoms with Crippen LogP contribution in [0.4, 0.5) is 0 Å². The molecule has 3 aromatic rings. The van der Waals surface area contributed by atoms with Gasteiger partial charge in [0.25, 0.3) is 0 Å². The number of hydrogen-bond donors (Lipinski definition) is 0. The predicted molar refractivity (Wildman–Crippen MR) is 111 cm³/mol. The number of hydrogen-bond acceptors (Lipinski definition) is 5. The van der Waals surface area contributed by atoms with E-state index in [0.717, 1.165) is 40.3 Å². The molecule has 0 N–H and O–H groups in total. The van der Waals surface area contributed by atoms with Crippen LogP contribution in [0.1, 0.15) is 35.8 Å². The van der Waals surface area contributed by atoms with Crippen LogP contribution in [0.5, 0.6) is 5.75 Å². The van der Waals surface area contributed by atoms with Gasteiger partial charge in [0.1, 0.15) is 21.9 Å². The van der Waals surface area contributed by atoms with Gasteiger partial charge in [-0.05, 0) is 56.2 Å². The smallest absolute Gasteiger partial charge is 0.128 e. The third kappa shape index (κ3) is 3.89. The van der Waals surface area contributed by atoms with Gasteiger partial charge in [0.05, 0.1) is 6.61 Å². The summed E-state index contributed by atoms with van der Waals surface area (Å²) < 4.78 is 5.83. The molecule has 0 aliphatic heterocycles. The third-order valence-electron chi connectivity index (χ3n) is 4.87. The maximum absolute atomic E-state index is 5.83. The van der Waals surface area contributed by atoms with Crippen molar-refractivity contribution in [2.45, 2.75) is 44.6 Å². The Morgan fingerprint density at radius 1 is 1.23 bits per heavy atom. The topological polar surface area (TPSA) is 35.0 Å². The molecular weight excluding hydrogens is 360 g/mol. The minimum atomic E-state index is 0.740. The van der Waals surface area contributed by atoms with Crippen LogP contribution >= 0.6 is 23.1 Å². The summed E-state index contributed by atoms with van der Waals surface area (Å²) in [5.74, 6) is 2.75. The fraction of sp³-hybridized carbons (Fsp3) is 0.429. The normalized spacial score (nSPS) is 16.6. The Morgan fingerprint density at radius 2 is 2.08 bits per heavy atom. The van der Waals surface area contributed by atoms with Gasteiger partial charge in [-0.3, -0.25) is 0 Å². The first-order valence-electron chi connectivity index (χ1n) is 9.28. The van der Waals surface area contributed by atoms with E-state index in [1.54, 1.807) is 6.33 Å². The van der Waals surface area contributed by atoms with E-state index in [9.17, 15) is 0 Å². The molecule has 136 valence electrons. The molecule has 0 radical (unpaired) electrons. The van der Waals surface area contributed by atoms with Gasteiger partial charge in [-0.15, -0.1) is 23.1 Å². The lowest BCUT2D eigenvalue weighted by atomic mass is 9.89. The van der Waals surface area contributed by atoms with Crippen molar-refractivity contribution in [2.75, 3.05) is 12.4 Å². The molecule has 26 heavy (non-hydrogen) atoms. The van der Waals surface area contributed by atoms with Crippen molar-refractivity contribution in [3.05, 3.63) is 46.6 Å². The Bertz CT molecular complexity index is 889. The lowest BCUT2D eigenvalue weighted by Gasteiger charge is -2.18. The highest BCUT2D eigenvalue weighted by atomic mass is 32.2. The fourth-order valence-corrected chi connectivity index (χ4v) is 5.76. The molecular formula is C21H24N2OS2. The Labute approximate surface area is 163 Å². The molecule has 5 heteroatoms. The van der Waals surface area contributed by atoms with Crippen molar-refractivity contribution in [1.29, 1.82) is 0 Å². The molecule has 0 amide bonds. The highest BCUT2D eigenvalue weighted by Crippen LogP contribution is 2.40. The van der Waals surface area contributed by atoms with Crippen molar-refractivity contribution < 1.29 is 4.74 Å². The highest BCUT2D eigenvalue weighted by molar-refractivity contribution is 7.99. The first-order valence-corrected chi connectivity index (χ1v) is 11.1. The van der Waals surface area contributed by atoms with E-state index >= 15 is 0 Å². The lowest BCUT2D eigenvalue weighted by molar-refractivity contribution is 0.318. The number of thiophene rings is 1. The van der Waals surface area contributed by atoms with Crippen LogP contribution in [0.25, 0.3) is 10.2 Å². The van der Waals surface area contributed by atoms with E-state index in [2.05, 4.69) is 35.9 Å². The molecule has 1 atom stereocenters. The standard InChI is InChI=1S/C21H24N2OS2/c1-14-4-7-16(8-5-14)24-10-3-11-25-20-19-17-9-6-15(2)12-18(17)26-21(19)23-13-22-20/h4-5,7-8,13,15H,3,6,9-12H2,1-2H3. The first kappa shape index (κ1) is 17.8. The summed E-state index contributed by atoms with van der Waals surface area (Å²) in [5, 5.41) is 2.47. The van der Waals surface area contributed by atoms with E-state index in [0.29, 0.717) is 0 Å². The second kappa shape index (κ2) is 7.97. The molecule has 0 saturated carbocycles. The minimum absolute atomic E-state index is 0.740. The SMILES string of the molecule is Cc1ccc(OCCCSc2ncnc3sc4c(c23)CCC(C)C4)cc1. The molecule has 3 nitrogen and oxygen atoms in total. The van der Waals surface area contributed by atoms with Crippen LogP contribution in [0.15, 0.2) is 35.6 Å². The van der Waals surface area contributed by atoms with Crippen molar-refractivity contribution in [1.82, 2.24) is 9.97 Å². The maximum Gasteiger partial charge on any atom is 0.128 e. The molecule has 0 spiro atoms. The number of ether oxygens (including phenoxy) is 1. The van der Waals surface area contributed by atoms with Crippen LogP contribution in [-0.2, 0) is 12.8 Å². The number of nitrogens with zero attached hydrogens (tertiary/aromatic N) is 2. The summed E-state index contributed by atoms with van der Waals surface area (Å²) in [6, 6.07) is 8.24. The van der Waals surface area contributed by atoms with Crippen LogP contribution in [-0.4, -0.2) is 22.3 Å².